The second-order valence-corrected chi connectivity index (χ2v) is 7.52. The Morgan fingerprint density at radius 2 is 1.96 bits per heavy atom. The highest BCUT2D eigenvalue weighted by Gasteiger charge is 2.39. The largest absolute Gasteiger partial charge is 0.480 e. The molecule has 0 amide bonds. The fraction of sp³-hybridized carbons (Fsp3) is 0.500. The highest BCUT2D eigenvalue weighted by atomic mass is 16.5. The Labute approximate surface area is 142 Å². The monoisotopic (exact) mass is 321 g/mol. The molecule has 4 nitrogen and oxygen atoms in total. The van der Waals surface area contributed by atoms with Crippen molar-refractivity contribution in [3.8, 4) is 17.0 Å². The molecule has 2 aromatic rings. The van der Waals surface area contributed by atoms with E-state index >= 15 is 0 Å². The fourth-order valence-corrected chi connectivity index (χ4v) is 4.22. The molecule has 0 radical (unpaired) electrons. The first kappa shape index (κ1) is 14.3. The number of nitrogens with zero attached hydrogens (tertiary/aromatic N) is 3. The van der Waals surface area contributed by atoms with Gasteiger partial charge in [0.15, 0.2) is 0 Å². The third-order valence-corrected chi connectivity index (χ3v) is 5.79. The van der Waals surface area contributed by atoms with Crippen molar-refractivity contribution in [3.63, 3.8) is 0 Å². The van der Waals surface area contributed by atoms with Gasteiger partial charge in [0.25, 0.3) is 0 Å². The summed E-state index contributed by atoms with van der Waals surface area (Å²) >= 11 is 0. The molecule has 0 bridgehead atoms. The van der Waals surface area contributed by atoms with Gasteiger partial charge in [-0.3, -0.25) is 0 Å². The van der Waals surface area contributed by atoms with Crippen LogP contribution in [-0.2, 0) is 0 Å². The molecule has 2 saturated carbocycles. The van der Waals surface area contributed by atoms with Crippen LogP contribution in [0.1, 0.15) is 48.8 Å². The van der Waals surface area contributed by atoms with E-state index < -0.39 is 0 Å². The third-order valence-electron chi connectivity index (χ3n) is 5.79. The minimum atomic E-state index is 0.576. The summed E-state index contributed by atoms with van der Waals surface area (Å²) in [5.74, 6) is 2.85. The molecule has 2 aliphatic carbocycles. The lowest BCUT2D eigenvalue weighted by molar-refractivity contribution is 0.398. The van der Waals surface area contributed by atoms with Gasteiger partial charge in [0.2, 0.25) is 5.88 Å². The van der Waals surface area contributed by atoms with E-state index in [1.54, 1.807) is 13.4 Å². The van der Waals surface area contributed by atoms with Gasteiger partial charge >= 0.3 is 0 Å². The Bertz CT molecular complexity index is 795. The topological polar surface area (TPSA) is 38.3 Å². The fourth-order valence-electron chi connectivity index (χ4n) is 4.22. The zero-order valence-electron chi connectivity index (χ0n) is 14.3. The first-order valence-electron chi connectivity index (χ1n) is 9.00. The van der Waals surface area contributed by atoms with Gasteiger partial charge in [-0.1, -0.05) is 6.07 Å². The normalized spacial score (nSPS) is 22.6. The highest BCUT2D eigenvalue weighted by Crippen LogP contribution is 2.51. The standard InChI is InChI=1S/C20H23N3O/c1-23-10-16(12-3-4-12)15-9-14(7-8-17(15)23)18-19(13-5-6-13)21-11-22-20(18)24-2/h7-9,11-13,16H,3-6,10H2,1-2H3. The van der Waals surface area contributed by atoms with Gasteiger partial charge in [0.1, 0.15) is 6.33 Å². The SMILES string of the molecule is COc1ncnc(C2CC2)c1-c1ccc2c(c1)C(C1CC1)CN2C. The van der Waals surface area contributed by atoms with E-state index in [4.69, 9.17) is 4.74 Å². The van der Waals surface area contributed by atoms with Crippen molar-refractivity contribution in [2.75, 3.05) is 25.6 Å². The zero-order chi connectivity index (χ0) is 16.3. The summed E-state index contributed by atoms with van der Waals surface area (Å²) < 4.78 is 5.58. The molecule has 1 aromatic heterocycles. The molecular formula is C20H23N3O. The smallest absolute Gasteiger partial charge is 0.224 e. The average Bonchev–Trinajstić information content (AvgIpc) is 3.52. The maximum atomic E-state index is 5.58. The number of benzene rings is 1. The maximum Gasteiger partial charge on any atom is 0.224 e. The molecule has 5 rings (SSSR count). The van der Waals surface area contributed by atoms with E-state index in [2.05, 4.69) is 40.1 Å². The van der Waals surface area contributed by atoms with Crippen LogP contribution in [-0.4, -0.2) is 30.7 Å². The molecule has 1 aromatic carbocycles. The lowest BCUT2D eigenvalue weighted by Gasteiger charge is -2.15. The van der Waals surface area contributed by atoms with Crippen molar-refractivity contribution in [3.05, 3.63) is 35.8 Å². The number of rotatable bonds is 4. The molecule has 0 N–H and O–H groups in total. The molecule has 124 valence electrons. The van der Waals surface area contributed by atoms with Gasteiger partial charge in [-0.15, -0.1) is 0 Å². The number of aromatic nitrogens is 2. The maximum absolute atomic E-state index is 5.58. The Balaban J connectivity index is 1.65. The van der Waals surface area contributed by atoms with Gasteiger partial charge in [-0.2, -0.15) is 0 Å². The minimum Gasteiger partial charge on any atom is -0.480 e. The molecule has 3 aliphatic rings. The van der Waals surface area contributed by atoms with Crippen molar-refractivity contribution in [2.45, 2.75) is 37.5 Å². The summed E-state index contributed by atoms with van der Waals surface area (Å²) in [6.45, 7) is 1.15. The van der Waals surface area contributed by atoms with Crippen LogP contribution in [0.4, 0.5) is 5.69 Å². The van der Waals surface area contributed by atoms with Crippen LogP contribution >= 0.6 is 0 Å². The first-order valence-corrected chi connectivity index (χ1v) is 9.00. The summed E-state index contributed by atoms with van der Waals surface area (Å²) in [6.07, 6.45) is 6.86. The summed E-state index contributed by atoms with van der Waals surface area (Å²) in [5, 5.41) is 0. The first-order chi connectivity index (χ1) is 11.8. The zero-order valence-corrected chi connectivity index (χ0v) is 14.3. The number of anilines is 1. The summed E-state index contributed by atoms with van der Waals surface area (Å²) in [4.78, 5) is 11.4. The Kier molecular flexibility index (Phi) is 3.09. The number of hydrogen-bond donors (Lipinski definition) is 0. The van der Waals surface area contributed by atoms with Crippen molar-refractivity contribution in [1.82, 2.24) is 9.97 Å². The van der Waals surface area contributed by atoms with E-state index in [-0.39, 0.29) is 0 Å². The van der Waals surface area contributed by atoms with Gasteiger partial charge < -0.3 is 9.64 Å². The van der Waals surface area contributed by atoms with Gasteiger partial charge in [-0.05, 0) is 54.9 Å². The molecule has 0 spiro atoms. The lowest BCUT2D eigenvalue weighted by atomic mass is 9.92. The predicted molar refractivity (Wildman–Crippen MR) is 94.7 cm³/mol. The van der Waals surface area contributed by atoms with Gasteiger partial charge in [0.05, 0.1) is 18.4 Å². The van der Waals surface area contributed by atoms with Crippen molar-refractivity contribution in [1.29, 1.82) is 0 Å². The van der Waals surface area contributed by atoms with E-state index in [9.17, 15) is 0 Å². The van der Waals surface area contributed by atoms with Crippen molar-refractivity contribution >= 4 is 5.69 Å². The van der Waals surface area contributed by atoms with E-state index in [0.717, 1.165) is 23.7 Å². The number of ether oxygens (including phenoxy) is 1. The summed E-state index contributed by atoms with van der Waals surface area (Å²) in [5.41, 5.74) is 6.38. The quantitative estimate of drug-likeness (QED) is 0.854. The van der Waals surface area contributed by atoms with Crippen LogP contribution in [0.3, 0.4) is 0 Å². The third kappa shape index (κ3) is 2.20. The number of likely N-dealkylation sites (N-methyl/N-ethyl adjacent to an activating group) is 1. The molecular weight excluding hydrogens is 298 g/mol. The van der Waals surface area contributed by atoms with Crippen LogP contribution in [0.5, 0.6) is 5.88 Å². The van der Waals surface area contributed by atoms with Crippen molar-refractivity contribution < 1.29 is 4.74 Å². The minimum absolute atomic E-state index is 0.576. The molecule has 1 aliphatic heterocycles. The van der Waals surface area contributed by atoms with E-state index in [1.807, 2.05) is 0 Å². The van der Waals surface area contributed by atoms with Crippen LogP contribution in [0, 0.1) is 5.92 Å². The summed E-state index contributed by atoms with van der Waals surface area (Å²) in [7, 11) is 3.92. The highest BCUT2D eigenvalue weighted by molar-refractivity contribution is 5.76. The molecule has 0 saturated heterocycles. The molecule has 2 fully saturated rings. The Morgan fingerprint density at radius 3 is 2.67 bits per heavy atom. The van der Waals surface area contributed by atoms with Crippen LogP contribution in [0.25, 0.3) is 11.1 Å². The summed E-state index contributed by atoms with van der Waals surface area (Å²) in [6, 6.07) is 6.88. The number of hydrogen-bond acceptors (Lipinski definition) is 4. The second kappa shape index (κ2) is 5.20. The predicted octanol–water partition coefficient (Wildman–Crippen LogP) is 3.97. The van der Waals surface area contributed by atoms with E-state index in [1.165, 1.54) is 42.5 Å². The molecule has 1 unspecified atom stereocenters. The molecule has 24 heavy (non-hydrogen) atoms. The lowest BCUT2D eigenvalue weighted by Crippen LogP contribution is -2.15. The Morgan fingerprint density at radius 1 is 1.12 bits per heavy atom. The number of methoxy groups -OCH3 is 1. The Hall–Kier alpha value is -2.10. The molecule has 2 heterocycles. The average molecular weight is 321 g/mol. The second-order valence-electron chi connectivity index (χ2n) is 7.52. The van der Waals surface area contributed by atoms with Crippen LogP contribution in [0.15, 0.2) is 24.5 Å². The van der Waals surface area contributed by atoms with Gasteiger partial charge in [0, 0.05) is 31.1 Å². The molecule has 4 heteroatoms. The van der Waals surface area contributed by atoms with E-state index in [0.29, 0.717) is 17.7 Å². The van der Waals surface area contributed by atoms with Crippen molar-refractivity contribution in [2.24, 2.45) is 5.92 Å². The van der Waals surface area contributed by atoms with Crippen LogP contribution in [0.2, 0.25) is 0 Å². The molecule has 1 atom stereocenters. The number of fused-ring (bicyclic) bond motifs is 1. The van der Waals surface area contributed by atoms with Gasteiger partial charge in [-0.25, -0.2) is 9.97 Å². The van der Waals surface area contributed by atoms with Crippen LogP contribution < -0.4 is 9.64 Å².